The summed E-state index contributed by atoms with van der Waals surface area (Å²) < 4.78 is 11.9. The van der Waals surface area contributed by atoms with Gasteiger partial charge in [-0.05, 0) is 49.4 Å². The fourth-order valence-corrected chi connectivity index (χ4v) is 7.50. The molecule has 1 aliphatic heterocycles. The standard InChI is InChI=1S/C32H32O4S2/c1-5-6-7-8-9-12-21-15-17-22(18-16-21)29-19(2)25(20(3)37-29)27-28(31(34)36-30(27)33)26-23-13-10-11-14-24(23)38-32(26)35-4/h10-11,13-18H,5-9,12H2,1-4H3. The number of benzene rings is 2. The molecule has 4 aromatic rings. The first-order valence-corrected chi connectivity index (χ1v) is 14.8. The van der Waals surface area contributed by atoms with E-state index in [-0.39, 0.29) is 0 Å². The predicted octanol–water partition coefficient (Wildman–Crippen LogP) is 8.76. The van der Waals surface area contributed by atoms with Crippen LogP contribution in [0.3, 0.4) is 0 Å². The lowest BCUT2D eigenvalue weighted by Gasteiger charge is -2.07. The fourth-order valence-electron chi connectivity index (χ4n) is 5.30. The molecule has 2 aromatic carbocycles. The molecule has 1 aliphatic rings. The van der Waals surface area contributed by atoms with E-state index in [2.05, 4.69) is 31.2 Å². The van der Waals surface area contributed by atoms with Crippen LogP contribution in [0.5, 0.6) is 5.06 Å². The van der Waals surface area contributed by atoms with E-state index in [1.54, 1.807) is 18.4 Å². The van der Waals surface area contributed by atoms with Crippen molar-refractivity contribution >= 4 is 55.8 Å². The van der Waals surface area contributed by atoms with Gasteiger partial charge in [0.2, 0.25) is 0 Å². The van der Waals surface area contributed by atoms with Gasteiger partial charge in [-0.3, -0.25) is 0 Å². The van der Waals surface area contributed by atoms with Gasteiger partial charge in [0.15, 0.2) is 5.06 Å². The Balaban J connectivity index is 1.54. The minimum absolute atomic E-state index is 0.290. The molecule has 0 saturated carbocycles. The number of methoxy groups -OCH3 is 1. The third kappa shape index (κ3) is 4.83. The SMILES string of the molecule is CCCCCCCc1ccc(-c2sc(C)c(C3=C(c4c(OC)sc5ccccc45)C(=O)OC3=O)c2C)cc1. The molecule has 0 fully saturated rings. The molecule has 0 bridgehead atoms. The highest BCUT2D eigenvalue weighted by Crippen LogP contribution is 2.49. The summed E-state index contributed by atoms with van der Waals surface area (Å²) in [6.07, 6.45) is 7.47. The van der Waals surface area contributed by atoms with Crippen LogP contribution < -0.4 is 4.74 Å². The zero-order valence-electron chi connectivity index (χ0n) is 22.3. The van der Waals surface area contributed by atoms with E-state index in [0.717, 1.165) is 43.0 Å². The Bertz CT molecular complexity index is 1540. The fraction of sp³-hybridized carbons (Fsp3) is 0.312. The van der Waals surface area contributed by atoms with Crippen LogP contribution in [0.2, 0.25) is 0 Å². The zero-order chi connectivity index (χ0) is 26.8. The molecule has 4 nitrogen and oxygen atoms in total. The summed E-state index contributed by atoms with van der Waals surface area (Å²) >= 11 is 3.11. The number of carbonyl (C=O) groups is 2. The van der Waals surface area contributed by atoms with E-state index in [0.29, 0.717) is 21.8 Å². The Morgan fingerprint density at radius 1 is 0.816 bits per heavy atom. The van der Waals surface area contributed by atoms with Crippen molar-refractivity contribution in [1.82, 2.24) is 0 Å². The Morgan fingerprint density at radius 3 is 2.21 bits per heavy atom. The Kier molecular flexibility index (Phi) is 7.82. The van der Waals surface area contributed by atoms with Crippen LogP contribution in [0.25, 0.3) is 31.7 Å². The average molecular weight is 545 g/mol. The third-order valence-corrected chi connectivity index (χ3v) is 9.59. The largest absolute Gasteiger partial charge is 0.487 e. The molecule has 0 N–H and O–H groups in total. The van der Waals surface area contributed by atoms with Crippen LogP contribution >= 0.6 is 22.7 Å². The van der Waals surface area contributed by atoms with Crippen LogP contribution in [0, 0.1) is 13.8 Å². The summed E-state index contributed by atoms with van der Waals surface area (Å²) in [5, 5.41) is 1.48. The first-order chi connectivity index (χ1) is 18.4. The van der Waals surface area contributed by atoms with Crippen molar-refractivity contribution in [2.45, 2.75) is 59.3 Å². The monoisotopic (exact) mass is 544 g/mol. The van der Waals surface area contributed by atoms with Crippen molar-refractivity contribution in [3.8, 4) is 15.5 Å². The molecule has 3 heterocycles. The van der Waals surface area contributed by atoms with Gasteiger partial charge >= 0.3 is 11.9 Å². The summed E-state index contributed by atoms with van der Waals surface area (Å²) in [6, 6.07) is 16.6. The number of aryl methyl sites for hydroxylation is 2. The van der Waals surface area contributed by atoms with Crippen LogP contribution in [0.15, 0.2) is 48.5 Å². The Morgan fingerprint density at radius 2 is 1.50 bits per heavy atom. The zero-order valence-corrected chi connectivity index (χ0v) is 23.9. The second-order valence-electron chi connectivity index (χ2n) is 9.74. The van der Waals surface area contributed by atoms with Crippen molar-refractivity contribution in [3.63, 3.8) is 0 Å². The maximum atomic E-state index is 13.2. The van der Waals surface area contributed by atoms with Gasteiger partial charge in [-0.1, -0.05) is 86.4 Å². The lowest BCUT2D eigenvalue weighted by Crippen LogP contribution is -2.02. The smallest absolute Gasteiger partial charge is 0.347 e. The van der Waals surface area contributed by atoms with E-state index in [4.69, 9.17) is 9.47 Å². The van der Waals surface area contributed by atoms with Gasteiger partial charge < -0.3 is 9.47 Å². The molecule has 0 unspecified atom stereocenters. The van der Waals surface area contributed by atoms with Crippen LogP contribution in [-0.4, -0.2) is 19.0 Å². The van der Waals surface area contributed by atoms with Crippen molar-refractivity contribution in [2.75, 3.05) is 7.11 Å². The number of cyclic esters (lactones) is 2. The van der Waals surface area contributed by atoms with E-state index in [1.807, 2.05) is 38.1 Å². The van der Waals surface area contributed by atoms with Crippen LogP contribution in [0.1, 0.15) is 66.2 Å². The first kappa shape index (κ1) is 26.4. The molecule has 0 amide bonds. The molecular formula is C32H32O4S2. The van der Waals surface area contributed by atoms with Gasteiger partial charge in [-0.25, -0.2) is 9.59 Å². The van der Waals surface area contributed by atoms with Gasteiger partial charge in [0.1, 0.15) is 0 Å². The van der Waals surface area contributed by atoms with Gasteiger partial charge in [0.25, 0.3) is 0 Å². The molecule has 6 heteroatoms. The van der Waals surface area contributed by atoms with E-state index in [9.17, 15) is 9.59 Å². The molecule has 0 spiro atoms. The topological polar surface area (TPSA) is 52.6 Å². The molecule has 5 rings (SSSR count). The summed E-state index contributed by atoms with van der Waals surface area (Å²) in [6.45, 7) is 6.27. The van der Waals surface area contributed by atoms with Crippen molar-refractivity contribution in [2.24, 2.45) is 0 Å². The lowest BCUT2D eigenvalue weighted by molar-refractivity contribution is -0.149. The molecule has 0 atom stereocenters. The van der Waals surface area contributed by atoms with Gasteiger partial charge in [0, 0.05) is 25.4 Å². The van der Waals surface area contributed by atoms with Gasteiger partial charge in [0.05, 0.1) is 23.8 Å². The quantitative estimate of drug-likeness (QED) is 0.114. The molecular weight excluding hydrogens is 512 g/mol. The molecule has 0 aliphatic carbocycles. The number of hydrogen-bond donors (Lipinski definition) is 0. The minimum Gasteiger partial charge on any atom is -0.487 e. The number of carbonyl (C=O) groups excluding carboxylic acids is 2. The predicted molar refractivity (Wildman–Crippen MR) is 158 cm³/mol. The molecule has 0 radical (unpaired) electrons. The molecule has 38 heavy (non-hydrogen) atoms. The minimum atomic E-state index is -0.623. The van der Waals surface area contributed by atoms with Gasteiger partial charge in [-0.2, -0.15) is 0 Å². The highest BCUT2D eigenvalue weighted by molar-refractivity contribution is 7.21. The van der Waals surface area contributed by atoms with Gasteiger partial charge in [-0.15, -0.1) is 11.3 Å². The number of thiophene rings is 2. The highest BCUT2D eigenvalue weighted by Gasteiger charge is 2.40. The highest BCUT2D eigenvalue weighted by atomic mass is 32.1. The van der Waals surface area contributed by atoms with Crippen LogP contribution in [0.4, 0.5) is 0 Å². The number of rotatable bonds is 10. The number of ether oxygens (including phenoxy) is 2. The summed E-state index contributed by atoms with van der Waals surface area (Å²) in [5.41, 5.74) is 5.49. The number of fused-ring (bicyclic) bond motifs is 1. The number of hydrogen-bond acceptors (Lipinski definition) is 6. The maximum Gasteiger partial charge on any atom is 0.347 e. The lowest BCUT2D eigenvalue weighted by atomic mass is 9.92. The summed E-state index contributed by atoms with van der Waals surface area (Å²) in [4.78, 5) is 28.4. The normalized spacial score (nSPS) is 13.6. The number of esters is 2. The molecule has 0 saturated heterocycles. The molecule has 196 valence electrons. The first-order valence-electron chi connectivity index (χ1n) is 13.2. The summed E-state index contributed by atoms with van der Waals surface area (Å²) in [7, 11) is 1.59. The Labute approximate surface area is 231 Å². The van der Waals surface area contributed by atoms with Crippen LogP contribution in [-0.2, 0) is 20.7 Å². The third-order valence-electron chi connectivity index (χ3n) is 7.20. The van der Waals surface area contributed by atoms with Crippen molar-refractivity contribution in [1.29, 1.82) is 0 Å². The number of unbranched alkanes of at least 4 members (excludes halogenated alkanes) is 4. The van der Waals surface area contributed by atoms with Crippen molar-refractivity contribution < 1.29 is 19.1 Å². The van der Waals surface area contributed by atoms with E-state index < -0.39 is 11.9 Å². The molecule has 2 aromatic heterocycles. The van der Waals surface area contributed by atoms with Crippen molar-refractivity contribution in [3.05, 3.63) is 75.7 Å². The van der Waals surface area contributed by atoms with E-state index in [1.165, 1.54) is 49.0 Å². The van der Waals surface area contributed by atoms with E-state index >= 15 is 0 Å². The average Bonchev–Trinajstić information content (AvgIpc) is 3.53. The Hall–Kier alpha value is -3.22. The summed E-state index contributed by atoms with van der Waals surface area (Å²) in [5.74, 6) is -1.22. The second kappa shape index (κ2) is 11.3. The maximum absolute atomic E-state index is 13.2. The second-order valence-corrected chi connectivity index (χ2v) is 12.0.